The molecule has 0 spiro atoms. The lowest BCUT2D eigenvalue weighted by Crippen LogP contribution is -2.44. The zero-order valence-electron chi connectivity index (χ0n) is 13.6. The van der Waals surface area contributed by atoms with Crippen molar-refractivity contribution in [1.29, 1.82) is 0 Å². The maximum absolute atomic E-state index is 11.9. The van der Waals surface area contributed by atoms with E-state index >= 15 is 0 Å². The second-order valence-corrected chi connectivity index (χ2v) is 6.75. The monoisotopic (exact) mass is 307 g/mol. The molecule has 3 N–H and O–H groups in total. The number of aromatic nitrogens is 1. The summed E-state index contributed by atoms with van der Waals surface area (Å²) in [7, 11) is 0. The Labute approximate surface area is 131 Å². The van der Waals surface area contributed by atoms with Crippen LogP contribution in [0.3, 0.4) is 0 Å². The number of rotatable bonds is 2. The van der Waals surface area contributed by atoms with Gasteiger partial charge in [-0.1, -0.05) is 0 Å². The lowest BCUT2D eigenvalue weighted by atomic mass is 9.94. The molecule has 1 aliphatic heterocycles. The van der Waals surface area contributed by atoms with Crippen LogP contribution in [-0.2, 0) is 9.47 Å². The molecule has 0 radical (unpaired) electrons. The number of nitrogens with two attached hydrogens (primary N) is 1. The van der Waals surface area contributed by atoms with Gasteiger partial charge in [-0.15, -0.1) is 0 Å². The fourth-order valence-electron chi connectivity index (χ4n) is 2.65. The van der Waals surface area contributed by atoms with E-state index in [1.807, 2.05) is 33.8 Å². The summed E-state index contributed by atoms with van der Waals surface area (Å²) in [6.45, 7) is 7.53. The largest absolute Gasteiger partial charge is 0.444 e. The van der Waals surface area contributed by atoms with Gasteiger partial charge in [0, 0.05) is 17.8 Å². The van der Waals surface area contributed by atoms with Crippen LogP contribution in [-0.4, -0.2) is 28.8 Å². The topological polar surface area (TPSA) is 86.5 Å². The molecule has 1 aromatic rings. The van der Waals surface area contributed by atoms with Crippen molar-refractivity contribution in [3.63, 3.8) is 0 Å². The Balaban J connectivity index is 2.02. The molecule has 1 fully saturated rings. The Kier molecular flexibility index (Phi) is 4.90. The van der Waals surface area contributed by atoms with Crippen molar-refractivity contribution in [3.05, 3.63) is 24.0 Å². The van der Waals surface area contributed by atoms with Gasteiger partial charge in [0.25, 0.3) is 0 Å². The fourth-order valence-corrected chi connectivity index (χ4v) is 2.65. The van der Waals surface area contributed by atoms with E-state index in [-0.39, 0.29) is 18.2 Å². The van der Waals surface area contributed by atoms with Gasteiger partial charge in [0.15, 0.2) is 0 Å². The molecule has 122 valence electrons. The number of alkyl carbamates (subject to hydrolysis) is 1. The standard InChI is InChI=1S/C16H25N3O3/c1-10-7-11(19-15(20)22-16(2,3)4)8-14(21-10)12-5-6-18-9-13(12)17/h5-6,9-11,14H,7-8,17H2,1-4H3,(H,19,20)/t10-,11+,14-/m1/s1. The van der Waals surface area contributed by atoms with Crippen LogP contribution in [0, 0.1) is 0 Å². The highest BCUT2D eigenvalue weighted by Crippen LogP contribution is 2.33. The zero-order chi connectivity index (χ0) is 16.3. The molecule has 1 saturated heterocycles. The molecule has 1 aromatic heterocycles. The van der Waals surface area contributed by atoms with Crippen molar-refractivity contribution in [3.8, 4) is 0 Å². The minimum atomic E-state index is -0.504. The Morgan fingerprint density at radius 1 is 1.45 bits per heavy atom. The normalized spacial score (nSPS) is 25.5. The van der Waals surface area contributed by atoms with Crippen LogP contribution in [0.5, 0.6) is 0 Å². The average molecular weight is 307 g/mol. The average Bonchev–Trinajstić information content (AvgIpc) is 2.35. The van der Waals surface area contributed by atoms with Crippen LogP contribution in [0.1, 0.15) is 52.2 Å². The summed E-state index contributed by atoms with van der Waals surface area (Å²) >= 11 is 0. The number of hydrogen-bond donors (Lipinski definition) is 2. The summed E-state index contributed by atoms with van der Waals surface area (Å²) in [6.07, 6.45) is 4.23. The van der Waals surface area contributed by atoms with Crippen molar-refractivity contribution in [2.75, 3.05) is 5.73 Å². The highest BCUT2D eigenvalue weighted by Gasteiger charge is 2.31. The second-order valence-electron chi connectivity index (χ2n) is 6.75. The van der Waals surface area contributed by atoms with Crippen LogP contribution in [0.25, 0.3) is 0 Å². The van der Waals surface area contributed by atoms with Crippen molar-refractivity contribution >= 4 is 11.8 Å². The maximum Gasteiger partial charge on any atom is 0.407 e. The molecule has 0 aliphatic carbocycles. The molecule has 0 bridgehead atoms. The summed E-state index contributed by atoms with van der Waals surface area (Å²) < 4.78 is 11.3. The predicted octanol–water partition coefficient (Wildman–Crippen LogP) is 2.80. The summed E-state index contributed by atoms with van der Waals surface area (Å²) in [6, 6.07) is 1.86. The number of pyridine rings is 1. The minimum absolute atomic E-state index is 0.00355. The molecule has 0 unspecified atom stereocenters. The third-order valence-corrected chi connectivity index (χ3v) is 3.47. The summed E-state index contributed by atoms with van der Waals surface area (Å²) in [5.41, 5.74) is 6.99. The highest BCUT2D eigenvalue weighted by atomic mass is 16.6. The van der Waals surface area contributed by atoms with Crippen molar-refractivity contribution in [2.24, 2.45) is 0 Å². The zero-order valence-corrected chi connectivity index (χ0v) is 13.6. The fraction of sp³-hybridized carbons (Fsp3) is 0.625. The molecule has 6 heteroatoms. The number of nitrogens with one attached hydrogen (secondary N) is 1. The minimum Gasteiger partial charge on any atom is -0.444 e. The van der Waals surface area contributed by atoms with Crippen LogP contribution in [0.4, 0.5) is 10.5 Å². The first-order chi connectivity index (χ1) is 10.2. The Morgan fingerprint density at radius 3 is 2.82 bits per heavy atom. The summed E-state index contributed by atoms with van der Waals surface area (Å²) in [4.78, 5) is 15.9. The lowest BCUT2D eigenvalue weighted by molar-refractivity contribution is -0.0542. The van der Waals surface area contributed by atoms with Gasteiger partial charge in [0.05, 0.1) is 24.1 Å². The van der Waals surface area contributed by atoms with Gasteiger partial charge in [-0.05, 0) is 46.6 Å². The van der Waals surface area contributed by atoms with E-state index in [1.54, 1.807) is 12.4 Å². The van der Waals surface area contributed by atoms with E-state index in [0.29, 0.717) is 12.1 Å². The van der Waals surface area contributed by atoms with E-state index in [9.17, 15) is 4.79 Å². The Hall–Kier alpha value is -1.82. The Morgan fingerprint density at radius 2 is 2.18 bits per heavy atom. The van der Waals surface area contributed by atoms with E-state index in [0.717, 1.165) is 12.0 Å². The quantitative estimate of drug-likeness (QED) is 0.877. The number of amides is 1. The van der Waals surface area contributed by atoms with Crippen LogP contribution >= 0.6 is 0 Å². The molecule has 0 aromatic carbocycles. The molecule has 3 atom stereocenters. The van der Waals surface area contributed by atoms with E-state index < -0.39 is 11.7 Å². The van der Waals surface area contributed by atoms with Gasteiger partial charge < -0.3 is 20.5 Å². The number of nitrogens with zero attached hydrogens (tertiary/aromatic N) is 1. The van der Waals surface area contributed by atoms with Gasteiger partial charge in [0.1, 0.15) is 5.60 Å². The molecule has 0 saturated carbocycles. The molecule has 1 aliphatic rings. The number of ether oxygens (including phenoxy) is 2. The van der Waals surface area contributed by atoms with Gasteiger partial charge in [-0.25, -0.2) is 4.79 Å². The smallest absolute Gasteiger partial charge is 0.407 e. The van der Waals surface area contributed by atoms with Gasteiger partial charge in [-0.2, -0.15) is 0 Å². The predicted molar refractivity (Wildman–Crippen MR) is 84.3 cm³/mol. The van der Waals surface area contributed by atoms with Gasteiger partial charge >= 0.3 is 6.09 Å². The third kappa shape index (κ3) is 4.59. The van der Waals surface area contributed by atoms with Crippen LogP contribution < -0.4 is 11.1 Å². The van der Waals surface area contributed by atoms with Crippen molar-refractivity contribution in [1.82, 2.24) is 10.3 Å². The number of anilines is 1. The molecule has 2 heterocycles. The first-order valence-corrected chi connectivity index (χ1v) is 7.59. The highest BCUT2D eigenvalue weighted by molar-refractivity contribution is 5.68. The first-order valence-electron chi connectivity index (χ1n) is 7.59. The van der Waals surface area contributed by atoms with Gasteiger partial charge in [0.2, 0.25) is 0 Å². The summed E-state index contributed by atoms with van der Waals surface area (Å²) in [5, 5.41) is 2.93. The van der Waals surface area contributed by atoms with Crippen LogP contribution in [0.2, 0.25) is 0 Å². The van der Waals surface area contributed by atoms with E-state index in [1.165, 1.54) is 0 Å². The molecular formula is C16H25N3O3. The van der Waals surface area contributed by atoms with Gasteiger partial charge in [-0.3, -0.25) is 4.98 Å². The summed E-state index contributed by atoms with van der Waals surface area (Å²) in [5.74, 6) is 0. The first kappa shape index (κ1) is 16.5. The van der Waals surface area contributed by atoms with E-state index in [2.05, 4.69) is 10.3 Å². The molecule has 1 amide bonds. The maximum atomic E-state index is 11.9. The molecule has 6 nitrogen and oxygen atoms in total. The SMILES string of the molecule is C[C@@H]1C[C@H](NC(=O)OC(C)(C)C)C[C@H](c2ccncc2N)O1. The Bertz CT molecular complexity index is 528. The van der Waals surface area contributed by atoms with Crippen molar-refractivity contribution in [2.45, 2.75) is 64.4 Å². The van der Waals surface area contributed by atoms with Crippen LogP contribution in [0.15, 0.2) is 18.5 Å². The lowest BCUT2D eigenvalue weighted by Gasteiger charge is -2.35. The number of nitrogen functional groups attached to an aromatic ring is 1. The third-order valence-electron chi connectivity index (χ3n) is 3.47. The number of hydrogen-bond acceptors (Lipinski definition) is 5. The molecule has 2 rings (SSSR count). The van der Waals surface area contributed by atoms with E-state index in [4.69, 9.17) is 15.2 Å². The molecule has 22 heavy (non-hydrogen) atoms. The second kappa shape index (κ2) is 6.52. The number of carbonyl (C=O) groups excluding carboxylic acids is 1. The molecular weight excluding hydrogens is 282 g/mol. The van der Waals surface area contributed by atoms with Crippen molar-refractivity contribution < 1.29 is 14.3 Å². The number of carbonyl (C=O) groups is 1.